The van der Waals surface area contributed by atoms with Crippen LogP contribution < -0.4 is 4.78 Å². The molecular weight excluding hydrogens is 209 g/mol. The molecule has 2 heterocycles. The minimum absolute atomic E-state index is 0.263. The Hall–Kier alpha value is -0.385. The topological polar surface area (TPSA) is 31.4 Å². The predicted octanol–water partition coefficient (Wildman–Crippen LogP) is 1.75. The maximum absolute atomic E-state index is 5.91. The van der Waals surface area contributed by atoms with Crippen molar-refractivity contribution in [3.63, 3.8) is 0 Å². The average molecular weight is 225 g/mol. The summed E-state index contributed by atoms with van der Waals surface area (Å²) < 4.78 is 17.1. The lowest BCUT2D eigenvalue weighted by atomic mass is 9.88. The molecule has 5 heteroatoms. The van der Waals surface area contributed by atoms with Crippen molar-refractivity contribution < 1.29 is 9.31 Å². The zero-order chi connectivity index (χ0) is 11.3. The Labute approximate surface area is 95.1 Å². The summed E-state index contributed by atoms with van der Waals surface area (Å²) in [4.78, 5) is 0. The molecule has 2 rings (SSSR count). The zero-order valence-corrected chi connectivity index (χ0v) is 10.6. The van der Waals surface area contributed by atoms with E-state index in [1.807, 2.05) is 13.0 Å². The molecule has 82 valence electrons. The Morgan fingerprint density at radius 2 is 1.73 bits per heavy atom. The van der Waals surface area contributed by atoms with Crippen molar-refractivity contribution in [2.75, 3.05) is 0 Å². The normalized spacial score (nSPS) is 23.4. The number of aromatic nitrogens is 1. The lowest BCUT2D eigenvalue weighted by Crippen LogP contribution is -2.41. The van der Waals surface area contributed by atoms with Gasteiger partial charge in [0.15, 0.2) is 0 Å². The molecule has 0 atom stereocenters. The predicted molar refractivity (Wildman–Crippen MR) is 62.6 cm³/mol. The van der Waals surface area contributed by atoms with Crippen LogP contribution in [0.5, 0.6) is 0 Å². The summed E-state index contributed by atoms with van der Waals surface area (Å²) in [5.41, 5.74) is 0.482. The van der Waals surface area contributed by atoms with Gasteiger partial charge in [0, 0.05) is 0 Å². The molecule has 1 aliphatic heterocycles. The molecule has 0 saturated carbocycles. The number of rotatable bonds is 1. The van der Waals surface area contributed by atoms with Crippen LogP contribution in [0.25, 0.3) is 0 Å². The van der Waals surface area contributed by atoms with Gasteiger partial charge in [-0.2, -0.15) is 4.37 Å². The Morgan fingerprint density at radius 1 is 1.20 bits per heavy atom. The Kier molecular flexibility index (Phi) is 2.45. The van der Waals surface area contributed by atoms with Crippen LogP contribution in [0.15, 0.2) is 6.07 Å². The van der Waals surface area contributed by atoms with Crippen molar-refractivity contribution in [3.8, 4) is 0 Å². The molecular formula is C10H16BNO2S. The molecule has 1 aromatic rings. The van der Waals surface area contributed by atoms with Crippen molar-refractivity contribution >= 4 is 23.4 Å². The first-order valence-electron chi connectivity index (χ1n) is 5.11. The fourth-order valence-electron chi connectivity index (χ4n) is 1.45. The van der Waals surface area contributed by atoms with Gasteiger partial charge >= 0.3 is 7.12 Å². The summed E-state index contributed by atoms with van der Waals surface area (Å²) in [7, 11) is -0.263. The molecule has 0 spiro atoms. The van der Waals surface area contributed by atoms with E-state index in [0.717, 1.165) is 10.5 Å². The number of nitrogens with zero attached hydrogens (tertiary/aromatic N) is 1. The van der Waals surface area contributed by atoms with Gasteiger partial charge in [0.1, 0.15) is 0 Å². The van der Waals surface area contributed by atoms with Gasteiger partial charge in [0.2, 0.25) is 0 Å². The minimum Gasteiger partial charge on any atom is -0.399 e. The number of aryl methyl sites for hydroxylation is 1. The van der Waals surface area contributed by atoms with Crippen molar-refractivity contribution in [2.45, 2.75) is 45.8 Å². The van der Waals surface area contributed by atoms with Gasteiger partial charge in [-0.25, -0.2) is 0 Å². The molecule has 0 radical (unpaired) electrons. The van der Waals surface area contributed by atoms with E-state index < -0.39 is 0 Å². The second kappa shape index (κ2) is 3.30. The molecule has 0 unspecified atom stereocenters. The highest BCUT2D eigenvalue weighted by Gasteiger charge is 2.52. The van der Waals surface area contributed by atoms with Gasteiger partial charge in [-0.15, -0.1) is 0 Å². The molecule has 0 aromatic carbocycles. The molecule has 0 amide bonds. The maximum Gasteiger partial charge on any atom is 0.507 e. The first-order chi connectivity index (χ1) is 6.82. The lowest BCUT2D eigenvalue weighted by molar-refractivity contribution is 0.00578. The Morgan fingerprint density at radius 3 is 2.13 bits per heavy atom. The van der Waals surface area contributed by atoms with Gasteiger partial charge in [0.05, 0.1) is 21.7 Å². The molecule has 0 N–H and O–H groups in total. The first-order valence-corrected chi connectivity index (χ1v) is 5.88. The van der Waals surface area contributed by atoms with Crippen molar-refractivity contribution in [1.82, 2.24) is 4.37 Å². The fraction of sp³-hybridized carbons (Fsp3) is 0.700. The van der Waals surface area contributed by atoms with Crippen LogP contribution in [-0.4, -0.2) is 22.7 Å². The van der Waals surface area contributed by atoms with E-state index >= 15 is 0 Å². The van der Waals surface area contributed by atoms with Crippen LogP contribution >= 0.6 is 11.5 Å². The van der Waals surface area contributed by atoms with Gasteiger partial charge < -0.3 is 9.31 Å². The van der Waals surface area contributed by atoms with Crippen LogP contribution in [0.4, 0.5) is 0 Å². The van der Waals surface area contributed by atoms with E-state index in [9.17, 15) is 0 Å². The van der Waals surface area contributed by atoms with E-state index in [1.165, 1.54) is 11.5 Å². The molecule has 3 nitrogen and oxygen atoms in total. The SMILES string of the molecule is Cc1cc(B2OC(C)(C)C(C)(C)O2)sn1. The molecule has 1 saturated heterocycles. The average Bonchev–Trinajstić information content (AvgIpc) is 2.56. The van der Waals surface area contributed by atoms with Gasteiger partial charge in [-0.3, -0.25) is 0 Å². The van der Waals surface area contributed by atoms with E-state index in [4.69, 9.17) is 9.31 Å². The highest BCUT2D eigenvalue weighted by molar-refractivity contribution is 7.17. The quantitative estimate of drug-likeness (QED) is 0.682. The monoisotopic (exact) mass is 225 g/mol. The number of hydrogen-bond donors (Lipinski definition) is 0. The third-order valence-corrected chi connectivity index (χ3v) is 4.03. The van der Waals surface area contributed by atoms with Crippen LogP contribution in [0.2, 0.25) is 0 Å². The third-order valence-electron chi connectivity index (χ3n) is 3.13. The summed E-state index contributed by atoms with van der Waals surface area (Å²) in [6, 6.07) is 2.02. The largest absolute Gasteiger partial charge is 0.507 e. The van der Waals surface area contributed by atoms with Gasteiger partial charge in [-0.05, 0) is 52.2 Å². The highest BCUT2D eigenvalue weighted by Crippen LogP contribution is 2.36. The summed E-state index contributed by atoms with van der Waals surface area (Å²) in [6.45, 7) is 10.2. The summed E-state index contributed by atoms with van der Waals surface area (Å²) in [6.07, 6.45) is 0. The van der Waals surface area contributed by atoms with Crippen molar-refractivity contribution in [3.05, 3.63) is 11.8 Å². The van der Waals surface area contributed by atoms with Crippen molar-refractivity contribution in [2.24, 2.45) is 0 Å². The summed E-state index contributed by atoms with van der Waals surface area (Å²) in [5, 5.41) is 0. The first kappa shape index (κ1) is 11.1. The smallest absolute Gasteiger partial charge is 0.399 e. The van der Waals surface area contributed by atoms with Gasteiger partial charge in [-0.1, -0.05) is 0 Å². The molecule has 1 aromatic heterocycles. The number of hydrogen-bond acceptors (Lipinski definition) is 4. The maximum atomic E-state index is 5.91. The van der Waals surface area contributed by atoms with E-state index in [0.29, 0.717) is 0 Å². The standard InChI is InChI=1S/C10H16BNO2S/c1-7-6-8(15-12-7)11-13-9(2,3)10(4,5)14-11/h6H,1-5H3. The molecule has 0 aliphatic carbocycles. The third kappa shape index (κ3) is 1.84. The molecule has 1 fully saturated rings. The summed E-state index contributed by atoms with van der Waals surface area (Å²) in [5.74, 6) is 0. The molecule has 0 bridgehead atoms. The second-order valence-corrected chi connectivity index (χ2v) is 5.80. The van der Waals surface area contributed by atoms with E-state index in [1.54, 1.807) is 0 Å². The molecule has 1 aliphatic rings. The highest BCUT2D eigenvalue weighted by atomic mass is 32.1. The zero-order valence-electron chi connectivity index (χ0n) is 9.83. The van der Waals surface area contributed by atoms with E-state index in [-0.39, 0.29) is 18.3 Å². The van der Waals surface area contributed by atoms with Crippen LogP contribution in [0, 0.1) is 6.92 Å². The van der Waals surface area contributed by atoms with Crippen LogP contribution in [0.3, 0.4) is 0 Å². The van der Waals surface area contributed by atoms with Crippen LogP contribution in [-0.2, 0) is 9.31 Å². The Balaban J connectivity index is 2.23. The van der Waals surface area contributed by atoms with E-state index in [2.05, 4.69) is 32.1 Å². The summed E-state index contributed by atoms with van der Waals surface area (Å²) >= 11 is 1.45. The lowest BCUT2D eigenvalue weighted by Gasteiger charge is -2.32. The van der Waals surface area contributed by atoms with Crippen LogP contribution in [0.1, 0.15) is 33.4 Å². The van der Waals surface area contributed by atoms with Gasteiger partial charge in [0.25, 0.3) is 0 Å². The Bertz CT molecular complexity index is 359. The van der Waals surface area contributed by atoms with Crippen molar-refractivity contribution in [1.29, 1.82) is 0 Å². The second-order valence-electron chi connectivity index (χ2n) is 4.96. The molecule has 15 heavy (non-hydrogen) atoms. The minimum atomic E-state index is -0.268. The fourth-order valence-corrected chi connectivity index (χ4v) is 2.16.